The minimum Gasteiger partial charge on any atom is -0.367 e. The van der Waals surface area contributed by atoms with Gasteiger partial charge in [-0.25, -0.2) is 4.98 Å². The molecule has 1 fully saturated rings. The fourth-order valence-electron chi connectivity index (χ4n) is 2.65. The summed E-state index contributed by atoms with van der Waals surface area (Å²) in [5, 5.41) is 0. The number of carbonyl (C=O) groups excluding carboxylic acids is 1. The second-order valence-electron chi connectivity index (χ2n) is 5.88. The van der Waals surface area contributed by atoms with Gasteiger partial charge in [0.15, 0.2) is 0 Å². The van der Waals surface area contributed by atoms with E-state index in [-0.39, 0.29) is 23.1 Å². The highest BCUT2D eigenvalue weighted by Crippen LogP contribution is 2.20. The van der Waals surface area contributed by atoms with Crippen LogP contribution in [0.4, 0.5) is 0 Å². The lowest BCUT2D eigenvalue weighted by Crippen LogP contribution is -2.44. The second kappa shape index (κ2) is 6.00. The van der Waals surface area contributed by atoms with Crippen molar-refractivity contribution in [3.05, 3.63) is 51.0 Å². The molecule has 2 aromatic heterocycles. The summed E-state index contributed by atoms with van der Waals surface area (Å²) in [6.07, 6.45) is 1.43. The minimum atomic E-state index is -0.352. The van der Waals surface area contributed by atoms with Crippen molar-refractivity contribution in [2.75, 3.05) is 19.7 Å². The molecule has 1 aliphatic rings. The van der Waals surface area contributed by atoms with Gasteiger partial charge in [-0.3, -0.25) is 9.59 Å². The zero-order chi connectivity index (χ0) is 16.6. The van der Waals surface area contributed by atoms with Gasteiger partial charge in [-0.05, 0) is 32.4 Å². The quantitative estimate of drug-likeness (QED) is 0.872. The predicted molar refractivity (Wildman–Crippen MR) is 84.5 cm³/mol. The lowest BCUT2D eigenvalue weighted by Gasteiger charge is -2.32. The number of aryl methyl sites for hydroxylation is 3. The molecule has 0 radical (unpaired) electrons. The Morgan fingerprint density at radius 1 is 1.35 bits per heavy atom. The molecule has 1 atom stereocenters. The van der Waals surface area contributed by atoms with E-state index >= 15 is 0 Å². The van der Waals surface area contributed by atoms with E-state index in [0.717, 1.165) is 17.0 Å². The third kappa shape index (κ3) is 3.05. The molecule has 0 aliphatic carbocycles. The van der Waals surface area contributed by atoms with Gasteiger partial charge < -0.3 is 19.6 Å². The van der Waals surface area contributed by atoms with E-state index in [9.17, 15) is 9.59 Å². The molecule has 0 spiro atoms. The first kappa shape index (κ1) is 15.5. The van der Waals surface area contributed by atoms with Crippen molar-refractivity contribution < 1.29 is 9.53 Å². The van der Waals surface area contributed by atoms with Crippen molar-refractivity contribution in [2.45, 2.75) is 26.9 Å². The molecule has 2 N–H and O–H groups in total. The Labute approximate surface area is 133 Å². The van der Waals surface area contributed by atoms with Crippen LogP contribution in [0.1, 0.15) is 39.2 Å². The Balaban J connectivity index is 1.82. The number of hydrogen-bond acceptors (Lipinski definition) is 4. The first-order chi connectivity index (χ1) is 11.0. The monoisotopic (exact) mass is 316 g/mol. The van der Waals surface area contributed by atoms with Crippen LogP contribution in [0.3, 0.4) is 0 Å². The van der Waals surface area contributed by atoms with Crippen molar-refractivity contribution in [3.63, 3.8) is 0 Å². The van der Waals surface area contributed by atoms with E-state index in [1.54, 1.807) is 17.2 Å². The molecule has 0 unspecified atom stereocenters. The van der Waals surface area contributed by atoms with Crippen molar-refractivity contribution in [3.8, 4) is 0 Å². The first-order valence-electron chi connectivity index (χ1n) is 7.58. The highest BCUT2D eigenvalue weighted by atomic mass is 16.5. The average molecular weight is 316 g/mol. The van der Waals surface area contributed by atoms with Gasteiger partial charge in [0.25, 0.3) is 11.5 Å². The molecule has 122 valence electrons. The molecule has 0 bridgehead atoms. The zero-order valence-corrected chi connectivity index (χ0v) is 13.5. The Morgan fingerprint density at radius 2 is 2.13 bits per heavy atom. The topological polar surface area (TPSA) is 91.1 Å². The maximum Gasteiger partial charge on any atom is 0.261 e. The molecule has 7 heteroatoms. The molecule has 1 aliphatic heterocycles. The number of aromatic nitrogens is 3. The molecule has 1 saturated heterocycles. The van der Waals surface area contributed by atoms with Crippen LogP contribution < -0.4 is 5.56 Å². The molecular weight excluding hydrogens is 296 g/mol. The third-order valence-corrected chi connectivity index (χ3v) is 4.11. The fourth-order valence-corrected chi connectivity index (χ4v) is 2.65. The van der Waals surface area contributed by atoms with Gasteiger partial charge in [-0.2, -0.15) is 0 Å². The van der Waals surface area contributed by atoms with Gasteiger partial charge in [0, 0.05) is 24.1 Å². The fraction of sp³-hybridized carbons (Fsp3) is 0.438. The number of pyridine rings is 1. The van der Waals surface area contributed by atoms with E-state index < -0.39 is 0 Å². The van der Waals surface area contributed by atoms with Crippen LogP contribution in [-0.2, 0) is 4.74 Å². The van der Waals surface area contributed by atoms with Gasteiger partial charge in [-0.15, -0.1) is 0 Å². The van der Waals surface area contributed by atoms with Crippen molar-refractivity contribution >= 4 is 5.91 Å². The van der Waals surface area contributed by atoms with Crippen LogP contribution in [0.25, 0.3) is 0 Å². The van der Waals surface area contributed by atoms with Gasteiger partial charge in [0.05, 0.1) is 13.2 Å². The molecule has 3 rings (SSSR count). The van der Waals surface area contributed by atoms with Gasteiger partial charge in [0.2, 0.25) is 0 Å². The summed E-state index contributed by atoms with van der Waals surface area (Å²) in [4.78, 5) is 36.5. The van der Waals surface area contributed by atoms with Gasteiger partial charge in [0.1, 0.15) is 17.5 Å². The highest BCUT2D eigenvalue weighted by Gasteiger charge is 2.29. The standard InChI is InChI=1S/C16H20N4O3/c1-9-6-12(15(21)19-11(9)3)16(22)20-4-5-23-13(8-20)14-17-7-10(2)18-14/h6-7,13H,4-5,8H2,1-3H3,(H,17,18)(H,19,21)/t13-/m0/s1. The molecule has 0 saturated carbocycles. The third-order valence-electron chi connectivity index (χ3n) is 4.11. The number of rotatable bonds is 2. The van der Waals surface area contributed by atoms with Crippen LogP contribution in [-0.4, -0.2) is 45.5 Å². The second-order valence-corrected chi connectivity index (χ2v) is 5.88. The van der Waals surface area contributed by atoms with E-state index in [1.165, 1.54) is 0 Å². The molecule has 1 amide bonds. The minimum absolute atomic E-state index is 0.171. The smallest absolute Gasteiger partial charge is 0.261 e. The summed E-state index contributed by atoms with van der Waals surface area (Å²) in [6, 6.07) is 1.65. The van der Waals surface area contributed by atoms with E-state index in [4.69, 9.17) is 4.74 Å². The van der Waals surface area contributed by atoms with Gasteiger partial charge >= 0.3 is 0 Å². The molecular formula is C16H20N4O3. The van der Waals surface area contributed by atoms with Crippen LogP contribution >= 0.6 is 0 Å². The summed E-state index contributed by atoms with van der Waals surface area (Å²) in [7, 11) is 0. The summed E-state index contributed by atoms with van der Waals surface area (Å²) < 4.78 is 5.69. The van der Waals surface area contributed by atoms with Crippen LogP contribution in [0.2, 0.25) is 0 Å². The first-order valence-corrected chi connectivity index (χ1v) is 7.58. The predicted octanol–water partition coefficient (Wildman–Crippen LogP) is 1.24. The number of imidazole rings is 1. The maximum absolute atomic E-state index is 12.7. The highest BCUT2D eigenvalue weighted by molar-refractivity contribution is 5.94. The Hall–Kier alpha value is -2.41. The number of nitrogens with one attached hydrogen (secondary N) is 2. The van der Waals surface area contributed by atoms with Crippen LogP contribution in [0.15, 0.2) is 17.1 Å². The van der Waals surface area contributed by atoms with Crippen molar-refractivity contribution in [1.29, 1.82) is 0 Å². The summed E-state index contributed by atoms with van der Waals surface area (Å²) in [5.74, 6) is 0.430. The van der Waals surface area contributed by atoms with Crippen molar-refractivity contribution in [1.82, 2.24) is 19.9 Å². The number of carbonyl (C=O) groups is 1. The Morgan fingerprint density at radius 3 is 2.83 bits per heavy atom. The number of ether oxygens (including phenoxy) is 1. The van der Waals surface area contributed by atoms with E-state index in [1.807, 2.05) is 20.8 Å². The molecule has 7 nitrogen and oxygen atoms in total. The van der Waals surface area contributed by atoms with Crippen molar-refractivity contribution in [2.24, 2.45) is 0 Å². The largest absolute Gasteiger partial charge is 0.367 e. The van der Waals surface area contributed by atoms with E-state index in [2.05, 4.69) is 15.0 Å². The normalized spacial score (nSPS) is 18.2. The van der Waals surface area contributed by atoms with Gasteiger partial charge in [-0.1, -0.05) is 0 Å². The average Bonchev–Trinajstić information content (AvgIpc) is 2.97. The number of nitrogens with zero attached hydrogens (tertiary/aromatic N) is 2. The molecule has 2 aromatic rings. The molecule has 0 aromatic carbocycles. The van der Waals surface area contributed by atoms with Crippen LogP contribution in [0, 0.1) is 20.8 Å². The number of amides is 1. The zero-order valence-electron chi connectivity index (χ0n) is 13.5. The number of morpholine rings is 1. The van der Waals surface area contributed by atoms with E-state index in [0.29, 0.717) is 25.5 Å². The summed E-state index contributed by atoms with van der Waals surface area (Å²) in [5.41, 5.74) is 2.42. The van der Waals surface area contributed by atoms with Crippen LogP contribution in [0.5, 0.6) is 0 Å². The Bertz CT molecular complexity index is 793. The number of hydrogen-bond donors (Lipinski definition) is 2. The number of H-pyrrole nitrogens is 2. The summed E-state index contributed by atoms with van der Waals surface area (Å²) in [6.45, 7) is 6.85. The Kier molecular flexibility index (Phi) is 4.04. The molecule has 3 heterocycles. The number of aromatic amines is 2. The SMILES string of the molecule is Cc1cnc([C@@H]2CN(C(=O)c3cc(C)c(C)[nH]c3=O)CCO2)[nH]1. The lowest BCUT2D eigenvalue weighted by atomic mass is 10.1. The lowest BCUT2D eigenvalue weighted by molar-refractivity contribution is -0.0265. The molecule has 23 heavy (non-hydrogen) atoms. The maximum atomic E-state index is 12.7. The summed E-state index contributed by atoms with van der Waals surface area (Å²) >= 11 is 0.